The Bertz CT molecular complexity index is 639. The number of nitrogen functional groups attached to an aromatic ring is 1. The van der Waals surface area contributed by atoms with E-state index in [-0.39, 0.29) is 11.2 Å². The summed E-state index contributed by atoms with van der Waals surface area (Å²) in [6, 6.07) is -0.590. The van der Waals surface area contributed by atoms with Crippen molar-refractivity contribution in [2.24, 2.45) is 5.92 Å². The summed E-state index contributed by atoms with van der Waals surface area (Å²) >= 11 is 5.81. The molecular weight excluding hydrogens is 358 g/mol. The number of methoxy groups -OCH3 is 1. The van der Waals surface area contributed by atoms with Crippen LogP contribution in [0.1, 0.15) is 37.4 Å². The lowest BCUT2D eigenvalue weighted by Gasteiger charge is -2.33. The highest BCUT2D eigenvalue weighted by Gasteiger charge is 2.27. The molecule has 1 aliphatic heterocycles. The van der Waals surface area contributed by atoms with E-state index in [0.717, 1.165) is 36.9 Å². The number of aryl methyl sites for hydroxylation is 1. The van der Waals surface area contributed by atoms with Gasteiger partial charge in [-0.2, -0.15) is 0 Å². The first-order chi connectivity index (χ1) is 12.3. The number of hydrogen-bond acceptors (Lipinski definition) is 6. The van der Waals surface area contributed by atoms with Gasteiger partial charge >= 0.3 is 6.09 Å². The van der Waals surface area contributed by atoms with Crippen molar-refractivity contribution in [2.75, 3.05) is 25.9 Å². The number of amides is 2. The van der Waals surface area contributed by atoms with Crippen LogP contribution in [0.25, 0.3) is 0 Å². The summed E-state index contributed by atoms with van der Waals surface area (Å²) in [5, 5.41) is 2.68. The van der Waals surface area contributed by atoms with E-state index in [1.807, 2.05) is 6.92 Å². The first-order valence-electron chi connectivity index (χ1n) is 8.73. The minimum absolute atomic E-state index is 0.0833. The molecule has 0 saturated carbocycles. The molecule has 3 N–H and O–H groups in total. The van der Waals surface area contributed by atoms with Crippen molar-refractivity contribution < 1.29 is 14.3 Å². The summed E-state index contributed by atoms with van der Waals surface area (Å²) in [4.78, 5) is 33.6. The second-order valence-electron chi connectivity index (χ2n) is 6.61. The second-order valence-corrected chi connectivity index (χ2v) is 6.94. The van der Waals surface area contributed by atoms with Crippen LogP contribution in [0.4, 0.5) is 10.6 Å². The molecule has 144 valence electrons. The van der Waals surface area contributed by atoms with Gasteiger partial charge in [0.15, 0.2) is 0 Å². The smallest absolute Gasteiger partial charge is 0.407 e. The highest BCUT2D eigenvalue weighted by atomic mass is 35.5. The number of nitrogens with two attached hydrogens (primary N) is 1. The number of hydrogen-bond donors (Lipinski definition) is 2. The van der Waals surface area contributed by atoms with Gasteiger partial charge in [0.05, 0.1) is 7.11 Å². The summed E-state index contributed by atoms with van der Waals surface area (Å²) in [6.07, 6.45) is 3.01. The van der Waals surface area contributed by atoms with Crippen molar-refractivity contribution in [1.82, 2.24) is 20.2 Å². The normalized spacial score (nSPS) is 16.2. The number of aromatic nitrogens is 2. The average molecular weight is 384 g/mol. The predicted octanol–water partition coefficient (Wildman–Crippen LogP) is 1.94. The van der Waals surface area contributed by atoms with E-state index in [1.54, 1.807) is 11.8 Å². The van der Waals surface area contributed by atoms with Crippen LogP contribution in [-0.4, -0.2) is 53.1 Å². The molecule has 1 fully saturated rings. The summed E-state index contributed by atoms with van der Waals surface area (Å²) in [7, 11) is 1.28. The predicted molar refractivity (Wildman–Crippen MR) is 98.8 cm³/mol. The second kappa shape index (κ2) is 9.02. The molecule has 0 aliphatic carbocycles. The fourth-order valence-corrected chi connectivity index (χ4v) is 3.47. The first-order valence-corrected chi connectivity index (χ1v) is 9.11. The number of carbonyl (C=O) groups excluding carboxylic acids is 2. The van der Waals surface area contributed by atoms with E-state index in [9.17, 15) is 9.59 Å². The zero-order valence-electron chi connectivity index (χ0n) is 15.4. The van der Waals surface area contributed by atoms with Gasteiger partial charge in [-0.15, -0.1) is 0 Å². The number of halogens is 1. The number of piperidine rings is 1. The molecule has 9 heteroatoms. The van der Waals surface area contributed by atoms with Gasteiger partial charge in [0.1, 0.15) is 11.9 Å². The molecule has 26 heavy (non-hydrogen) atoms. The fourth-order valence-electron chi connectivity index (χ4n) is 3.25. The Kier molecular flexibility index (Phi) is 7.02. The Morgan fingerprint density at radius 1 is 1.38 bits per heavy atom. The maximum absolute atomic E-state index is 12.4. The minimum Gasteiger partial charge on any atom is -0.453 e. The molecular formula is C17H26ClN5O3. The molecule has 0 aromatic carbocycles. The molecule has 0 bridgehead atoms. The Labute approximate surface area is 158 Å². The molecule has 8 nitrogen and oxygen atoms in total. The quantitative estimate of drug-likeness (QED) is 0.751. The van der Waals surface area contributed by atoms with Crippen molar-refractivity contribution in [3.63, 3.8) is 0 Å². The molecule has 2 heterocycles. The average Bonchev–Trinajstić information content (AvgIpc) is 2.60. The number of alkyl carbamates (subject to hydrolysis) is 1. The van der Waals surface area contributed by atoms with Crippen LogP contribution in [0.5, 0.6) is 0 Å². The van der Waals surface area contributed by atoms with Crippen molar-refractivity contribution >= 4 is 29.4 Å². The molecule has 0 spiro atoms. The SMILES string of the molecule is COC(=O)NC(C)C(=O)N1CCC(CCc2c(C)nc(Cl)nc2N)CC1. The number of nitrogens with zero attached hydrogens (tertiary/aromatic N) is 3. The van der Waals surface area contributed by atoms with E-state index in [0.29, 0.717) is 24.8 Å². The molecule has 2 amide bonds. The number of rotatable bonds is 5. The van der Waals surface area contributed by atoms with E-state index >= 15 is 0 Å². The Hall–Kier alpha value is -2.09. The molecule has 1 aliphatic rings. The van der Waals surface area contributed by atoms with Gasteiger partial charge in [0, 0.05) is 24.3 Å². The number of nitrogens with one attached hydrogen (secondary N) is 1. The summed E-state index contributed by atoms with van der Waals surface area (Å²) < 4.78 is 4.53. The zero-order chi connectivity index (χ0) is 19.3. The van der Waals surface area contributed by atoms with E-state index in [1.165, 1.54) is 7.11 Å². The van der Waals surface area contributed by atoms with Crippen LogP contribution in [0.2, 0.25) is 5.28 Å². The van der Waals surface area contributed by atoms with Gasteiger partial charge in [-0.1, -0.05) is 0 Å². The standard InChI is InChI=1S/C17H26ClN5O3/c1-10-13(14(19)22-16(18)20-10)5-4-12-6-8-23(9-7-12)15(24)11(2)21-17(25)26-3/h11-12H,4-9H2,1-3H3,(H,21,25)(H2,19,20,22). The van der Waals surface area contributed by atoms with Crippen molar-refractivity contribution in [3.8, 4) is 0 Å². The van der Waals surface area contributed by atoms with E-state index < -0.39 is 12.1 Å². The van der Waals surface area contributed by atoms with Crippen LogP contribution in [0, 0.1) is 12.8 Å². The number of carbonyl (C=O) groups is 2. The molecule has 1 unspecified atom stereocenters. The monoisotopic (exact) mass is 383 g/mol. The van der Waals surface area contributed by atoms with Gasteiger partial charge in [0.2, 0.25) is 11.2 Å². The van der Waals surface area contributed by atoms with Crippen molar-refractivity contribution in [3.05, 3.63) is 16.5 Å². The number of ether oxygens (including phenoxy) is 1. The minimum atomic E-state index is -0.598. The van der Waals surface area contributed by atoms with Crippen LogP contribution >= 0.6 is 11.6 Å². The molecule has 2 rings (SSSR count). The van der Waals surface area contributed by atoms with Gasteiger partial charge in [-0.05, 0) is 57.0 Å². The Balaban J connectivity index is 1.82. The number of anilines is 1. The fraction of sp³-hybridized carbons (Fsp3) is 0.647. The van der Waals surface area contributed by atoms with E-state index in [2.05, 4.69) is 20.0 Å². The van der Waals surface area contributed by atoms with Crippen LogP contribution in [-0.2, 0) is 16.0 Å². The first kappa shape index (κ1) is 20.2. The lowest BCUT2D eigenvalue weighted by atomic mass is 9.90. The van der Waals surface area contributed by atoms with Crippen molar-refractivity contribution in [2.45, 2.75) is 45.6 Å². The highest BCUT2D eigenvalue weighted by Crippen LogP contribution is 2.25. The summed E-state index contributed by atoms with van der Waals surface area (Å²) in [6.45, 7) is 4.91. The third kappa shape index (κ3) is 5.20. The summed E-state index contributed by atoms with van der Waals surface area (Å²) in [5.41, 5.74) is 7.72. The van der Waals surface area contributed by atoms with Crippen LogP contribution < -0.4 is 11.1 Å². The molecule has 1 aromatic heterocycles. The van der Waals surface area contributed by atoms with Gasteiger partial charge in [-0.25, -0.2) is 14.8 Å². The molecule has 1 saturated heterocycles. The van der Waals surface area contributed by atoms with Gasteiger partial charge in [0.25, 0.3) is 0 Å². The maximum Gasteiger partial charge on any atom is 0.407 e. The molecule has 1 aromatic rings. The number of likely N-dealkylation sites (tertiary alicyclic amines) is 1. The lowest BCUT2D eigenvalue weighted by Crippen LogP contribution is -2.49. The summed E-state index contributed by atoms with van der Waals surface area (Å²) in [5.74, 6) is 0.871. The van der Waals surface area contributed by atoms with Crippen LogP contribution in [0.15, 0.2) is 0 Å². The third-order valence-electron chi connectivity index (χ3n) is 4.84. The largest absolute Gasteiger partial charge is 0.453 e. The van der Waals surface area contributed by atoms with Crippen molar-refractivity contribution in [1.29, 1.82) is 0 Å². The molecule has 0 radical (unpaired) electrons. The zero-order valence-corrected chi connectivity index (χ0v) is 16.2. The highest BCUT2D eigenvalue weighted by molar-refractivity contribution is 6.28. The molecule has 1 atom stereocenters. The maximum atomic E-state index is 12.4. The van der Waals surface area contributed by atoms with Gasteiger partial charge < -0.3 is 20.7 Å². The Morgan fingerprint density at radius 2 is 2.04 bits per heavy atom. The van der Waals surface area contributed by atoms with Crippen LogP contribution in [0.3, 0.4) is 0 Å². The Morgan fingerprint density at radius 3 is 2.62 bits per heavy atom. The topological polar surface area (TPSA) is 110 Å². The lowest BCUT2D eigenvalue weighted by molar-refractivity contribution is -0.134. The van der Waals surface area contributed by atoms with Gasteiger partial charge in [-0.3, -0.25) is 4.79 Å². The third-order valence-corrected chi connectivity index (χ3v) is 5.01. The van der Waals surface area contributed by atoms with E-state index in [4.69, 9.17) is 17.3 Å².